The van der Waals surface area contributed by atoms with Gasteiger partial charge in [-0.1, -0.05) is 30.3 Å². The molecule has 8 heteroatoms. The molecule has 0 bridgehead atoms. The smallest absolute Gasteiger partial charge is 0.240 e. The molecule has 4 rings (SSSR count). The largest absolute Gasteiger partial charge is 0.348 e. The van der Waals surface area contributed by atoms with Gasteiger partial charge in [-0.3, -0.25) is 4.79 Å². The van der Waals surface area contributed by atoms with Gasteiger partial charge in [-0.25, -0.2) is 4.98 Å². The van der Waals surface area contributed by atoms with Crippen LogP contribution in [0.5, 0.6) is 0 Å². The number of nitrogens with one attached hydrogen (secondary N) is 1. The average molecular weight is 365 g/mol. The van der Waals surface area contributed by atoms with E-state index in [0.717, 1.165) is 23.8 Å². The minimum absolute atomic E-state index is 0.0745. The summed E-state index contributed by atoms with van der Waals surface area (Å²) in [5, 5.41) is 8.50. The van der Waals surface area contributed by atoms with Crippen LogP contribution in [0, 0.1) is 6.92 Å². The van der Waals surface area contributed by atoms with E-state index < -0.39 is 6.04 Å². The number of aryl methyl sites for hydroxylation is 1. The number of aromatic nitrogens is 5. The van der Waals surface area contributed by atoms with E-state index in [9.17, 15) is 4.79 Å². The zero-order chi connectivity index (χ0) is 18.8. The number of rotatable bonds is 5. The second kappa shape index (κ2) is 7.32. The lowest BCUT2D eigenvalue weighted by molar-refractivity contribution is -0.134. The summed E-state index contributed by atoms with van der Waals surface area (Å²) in [6, 6.07) is 9.74. The van der Waals surface area contributed by atoms with E-state index in [-0.39, 0.29) is 11.9 Å². The molecule has 0 unspecified atom stereocenters. The molecule has 140 valence electrons. The van der Waals surface area contributed by atoms with Crippen LogP contribution in [0.4, 0.5) is 0 Å². The summed E-state index contributed by atoms with van der Waals surface area (Å²) in [7, 11) is 0. The van der Waals surface area contributed by atoms with Gasteiger partial charge in [0.15, 0.2) is 5.82 Å². The molecular formula is C19H23N7O. The lowest BCUT2D eigenvalue weighted by atomic mass is 10.0. The van der Waals surface area contributed by atoms with Crippen LogP contribution >= 0.6 is 0 Å². The molecule has 0 radical (unpaired) electrons. The molecule has 3 N–H and O–H groups in total. The van der Waals surface area contributed by atoms with Crippen LogP contribution in [0.3, 0.4) is 0 Å². The zero-order valence-corrected chi connectivity index (χ0v) is 15.2. The van der Waals surface area contributed by atoms with Gasteiger partial charge in [0, 0.05) is 24.9 Å². The van der Waals surface area contributed by atoms with Gasteiger partial charge in [-0.05, 0) is 18.9 Å². The molecule has 0 saturated carbocycles. The maximum atomic E-state index is 12.9. The number of hydrogen-bond donors (Lipinski definition) is 2. The predicted octanol–water partition coefficient (Wildman–Crippen LogP) is 1.01. The maximum Gasteiger partial charge on any atom is 0.240 e. The van der Waals surface area contributed by atoms with Crippen LogP contribution in [0.15, 0.2) is 42.9 Å². The van der Waals surface area contributed by atoms with Crippen molar-refractivity contribution in [1.82, 2.24) is 29.6 Å². The van der Waals surface area contributed by atoms with Gasteiger partial charge in [-0.2, -0.15) is 0 Å². The number of amides is 1. The number of hydrogen-bond acceptors (Lipinski definition) is 5. The van der Waals surface area contributed by atoms with Gasteiger partial charge in [0.05, 0.1) is 25.0 Å². The molecule has 3 aromatic rings. The highest BCUT2D eigenvalue weighted by Crippen LogP contribution is 2.25. The highest BCUT2D eigenvalue weighted by Gasteiger charge is 2.32. The number of imidazole rings is 1. The number of carbonyl (C=O) groups is 1. The van der Waals surface area contributed by atoms with Crippen LogP contribution in [0.2, 0.25) is 0 Å². The first-order chi connectivity index (χ1) is 13.1. The fourth-order valence-corrected chi connectivity index (χ4v) is 3.73. The van der Waals surface area contributed by atoms with E-state index in [1.54, 1.807) is 17.4 Å². The van der Waals surface area contributed by atoms with Crippen molar-refractivity contribution < 1.29 is 4.79 Å². The van der Waals surface area contributed by atoms with Crippen molar-refractivity contribution in [3.8, 4) is 0 Å². The Balaban J connectivity index is 1.54. The number of H-pyrrole nitrogens is 1. The molecular weight excluding hydrogens is 342 g/mol. The van der Waals surface area contributed by atoms with Crippen molar-refractivity contribution >= 4 is 5.91 Å². The average Bonchev–Trinajstić information content (AvgIpc) is 3.32. The Morgan fingerprint density at radius 2 is 2.15 bits per heavy atom. The first-order valence-corrected chi connectivity index (χ1v) is 9.07. The molecule has 27 heavy (non-hydrogen) atoms. The highest BCUT2D eigenvalue weighted by atomic mass is 16.2. The van der Waals surface area contributed by atoms with E-state index in [2.05, 4.69) is 36.9 Å². The van der Waals surface area contributed by atoms with Crippen LogP contribution in [0.25, 0.3) is 0 Å². The number of benzene rings is 1. The van der Waals surface area contributed by atoms with Gasteiger partial charge in [0.25, 0.3) is 0 Å². The van der Waals surface area contributed by atoms with E-state index in [1.165, 1.54) is 5.56 Å². The highest BCUT2D eigenvalue weighted by molar-refractivity contribution is 5.82. The van der Waals surface area contributed by atoms with Gasteiger partial charge in [0.1, 0.15) is 5.82 Å². The Hall–Kier alpha value is -3.00. The topological polar surface area (TPSA) is 106 Å². The monoisotopic (exact) mass is 365 g/mol. The number of nitrogens with two attached hydrogens (primary N) is 1. The van der Waals surface area contributed by atoms with Crippen LogP contribution in [-0.4, -0.2) is 48.1 Å². The van der Waals surface area contributed by atoms with Gasteiger partial charge in [0.2, 0.25) is 5.91 Å². The summed E-state index contributed by atoms with van der Waals surface area (Å²) in [6.07, 6.45) is 4.53. The normalized spacial score (nSPS) is 17.6. The van der Waals surface area contributed by atoms with Crippen molar-refractivity contribution in [2.24, 2.45) is 5.73 Å². The molecule has 0 saturated heterocycles. The molecule has 1 aliphatic heterocycles. The molecule has 1 amide bonds. The third kappa shape index (κ3) is 3.61. The van der Waals surface area contributed by atoms with E-state index >= 15 is 0 Å². The first kappa shape index (κ1) is 17.4. The molecule has 1 aromatic carbocycles. The van der Waals surface area contributed by atoms with Gasteiger partial charge in [-0.15, -0.1) is 10.2 Å². The van der Waals surface area contributed by atoms with Crippen molar-refractivity contribution in [2.45, 2.75) is 38.4 Å². The van der Waals surface area contributed by atoms with Crippen molar-refractivity contribution in [2.75, 3.05) is 6.54 Å². The Labute approximate surface area is 157 Å². The number of fused-ring (bicyclic) bond motifs is 1. The van der Waals surface area contributed by atoms with E-state index in [4.69, 9.17) is 5.73 Å². The van der Waals surface area contributed by atoms with Crippen LogP contribution < -0.4 is 5.73 Å². The van der Waals surface area contributed by atoms with Gasteiger partial charge < -0.3 is 20.2 Å². The van der Waals surface area contributed by atoms with E-state index in [1.807, 2.05) is 25.1 Å². The quantitative estimate of drug-likeness (QED) is 0.702. The summed E-state index contributed by atoms with van der Waals surface area (Å²) in [6.45, 7) is 2.98. The van der Waals surface area contributed by atoms with Crippen molar-refractivity contribution in [3.05, 3.63) is 65.8 Å². The number of nitrogens with zero attached hydrogens (tertiary/aromatic N) is 5. The Morgan fingerprint density at radius 3 is 2.89 bits per heavy atom. The minimum atomic E-state index is -0.613. The fraction of sp³-hybridized carbons (Fsp3) is 0.368. The molecule has 2 aromatic heterocycles. The standard InChI is InChI=1S/C19H23N7O/c1-13-23-24-18-11-25(19(27)17(20)8-15-9-21-12-22-15)10-16(26(13)18)7-14-5-3-2-4-6-14/h2-6,9,12,16-17H,7-8,10-11,20H2,1H3,(H,21,22)/t16-,17+/m1/s1. The molecule has 2 atom stereocenters. The zero-order valence-electron chi connectivity index (χ0n) is 15.2. The number of carbonyl (C=O) groups excluding carboxylic acids is 1. The lowest BCUT2D eigenvalue weighted by Gasteiger charge is -2.35. The molecule has 0 aliphatic carbocycles. The number of aromatic amines is 1. The molecule has 0 fully saturated rings. The van der Waals surface area contributed by atoms with Crippen LogP contribution in [0.1, 0.15) is 28.9 Å². The minimum Gasteiger partial charge on any atom is -0.348 e. The third-order valence-electron chi connectivity index (χ3n) is 5.00. The summed E-state index contributed by atoms with van der Waals surface area (Å²) >= 11 is 0. The van der Waals surface area contributed by atoms with E-state index in [0.29, 0.717) is 19.5 Å². The summed E-state index contributed by atoms with van der Waals surface area (Å²) in [4.78, 5) is 21.7. The van der Waals surface area contributed by atoms with Crippen molar-refractivity contribution in [1.29, 1.82) is 0 Å². The third-order valence-corrected chi connectivity index (χ3v) is 5.00. The summed E-state index contributed by atoms with van der Waals surface area (Å²) < 4.78 is 2.15. The fourth-order valence-electron chi connectivity index (χ4n) is 3.73. The predicted molar refractivity (Wildman–Crippen MR) is 99.6 cm³/mol. The lowest BCUT2D eigenvalue weighted by Crippen LogP contribution is -2.49. The SMILES string of the molecule is Cc1nnc2n1[C@H](Cc1ccccc1)CN(C(=O)[C@@H](N)Cc1cnc[nH]1)C2. The summed E-state index contributed by atoms with van der Waals surface area (Å²) in [5.74, 6) is 1.61. The molecule has 3 heterocycles. The van der Waals surface area contributed by atoms with Gasteiger partial charge >= 0.3 is 0 Å². The maximum absolute atomic E-state index is 12.9. The second-order valence-electron chi connectivity index (χ2n) is 6.98. The summed E-state index contributed by atoms with van der Waals surface area (Å²) in [5.41, 5.74) is 8.26. The Morgan fingerprint density at radius 1 is 1.33 bits per heavy atom. The first-order valence-electron chi connectivity index (χ1n) is 9.07. The molecule has 0 spiro atoms. The second-order valence-corrected chi connectivity index (χ2v) is 6.98. The van der Waals surface area contributed by atoms with Crippen molar-refractivity contribution in [3.63, 3.8) is 0 Å². The molecule has 8 nitrogen and oxygen atoms in total. The Kier molecular flexibility index (Phi) is 4.72. The van der Waals surface area contributed by atoms with Crippen LogP contribution in [-0.2, 0) is 24.2 Å². The Bertz CT molecular complexity index is 904. The molecule has 1 aliphatic rings.